The maximum absolute atomic E-state index is 2.50. The van der Waals surface area contributed by atoms with E-state index in [1.54, 1.807) is 0 Å². The molecule has 186 valence electrons. The molecule has 0 spiro atoms. The van der Waals surface area contributed by atoms with Crippen LogP contribution in [0.4, 0.5) is 0 Å². The van der Waals surface area contributed by atoms with Gasteiger partial charge in [-0.1, -0.05) is 122 Å². The molecule has 0 bridgehead atoms. The van der Waals surface area contributed by atoms with Gasteiger partial charge in [0.05, 0.1) is 0 Å². The van der Waals surface area contributed by atoms with Crippen LogP contribution in [0.3, 0.4) is 0 Å². The SMILES string of the molecule is Cc1ccc(C2c3cc(C4=CCC(C)C=C4)ccc3C(c3ccc4c(c3)CCC=C4)=C3C=CC=CC32)cc1. The lowest BCUT2D eigenvalue weighted by atomic mass is 9.66. The molecule has 38 heavy (non-hydrogen) atoms. The van der Waals surface area contributed by atoms with Crippen LogP contribution in [0, 0.1) is 18.8 Å². The number of aryl methyl sites for hydroxylation is 2. The molecule has 0 aromatic heterocycles. The first-order valence-electron chi connectivity index (χ1n) is 14.1. The topological polar surface area (TPSA) is 0 Å². The van der Waals surface area contributed by atoms with Gasteiger partial charge in [0, 0.05) is 11.8 Å². The van der Waals surface area contributed by atoms with Crippen molar-refractivity contribution in [3.05, 3.63) is 159 Å². The number of hydrogen-bond acceptors (Lipinski definition) is 0. The molecule has 0 radical (unpaired) electrons. The van der Waals surface area contributed by atoms with Crippen molar-refractivity contribution < 1.29 is 0 Å². The third kappa shape index (κ3) is 4.00. The Labute approximate surface area is 227 Å². The molecule has 3 atom stereocenters. The maximum Gasteiger partial charge on any atom is 0.0199 e. The lowest BCUT2D eigenvalue weighted by Gasteiger charge is -2.37. The number of benzene rings is 3. The quantitative estimate of drug-likeness (QED) is 0.343. The fourth-order valence-electron chi connectivity index (χ4n) is 6.69. The summed E-state index contributed by atoms with van der Waals surface area (Å²) in [5.74, 6) is 1.22. The third-order valence-corrected chi connectivity index (χ3v) is 8.76. The molecule has 4 aliphatic carbocycles. The standard InChI is InChI=1S/C38H34/c1-25-11-15-28(16-12-25)31-21-22-35-36(24-31)37(29-17-13-26(2)14-18-29)33-9-5-6-10-34(33)38(35)32-20-19-27-7-3-4-8-30(27)23-32/h3,5-7,9-11,13-25,33,37H,4,8,12H2,1-2H3. The predicted octanol–water partition coefficient (Wildman–Crippen LogP) is 9.62. The molecule has 0 nitrogen and oxygen atoms in total. The van der Waals surface area contributed by atoms with Crippen molar-refractivity contribution in [3.8, 4) is 0 Å². The molecule has 7 rings (SSSR count). The summed E-state index contributed by atoms with van der Waals surface area (Å²) in [5, 5.41) is 0. The van der Waals surface area contributed by atoms with Crippen LogP contribution in [0.2, 0.25) is 0 Å². The van der Waals surface area contributed by atoms with E-state index in [1.165, 1.54) is 61.2 Å². The van der Waals surface area contributed by atoms with Crippen LogP contribution >= 0.6 is 0 Å². The zero-order valence-corrected chi connectivity index (χ0v) is 22.3. The van der Waals surface area contributed by atoms with E-state index in [2.05, 4.69) is 129 Å². The summed E-state index contributed by atoms with van der Waals surface area (Å²) in [6, 6.07) is 23.6. The molecule has 0 aliphatic heterocycles. The molecular formula is C38H34. The monoisotopic (exact) mass is 490 g/mol. The summed E-state index contributed by atoms with van der Waals surface area (Å²) in [7, 11) is 0. The van der Waals surface area contributed by atoms with E-state index >= 15 is 0 Å². The van der Waals surface area contributed by atoms with Crippen LogP contribution in [0.5, 0.6) is 0 Å². The summed E-state index contributed by atoms with van der Waals surface area (Å²) in [5.41, 5.74) is 15.2. The molecule has 0 amide bonds. The zero-order valence-electron chi connectivity index (χ0n) is 22.3. The van der Waals surface area contributed by atoms with Crippen molar-refractivity contribution in [1.29, 1.82) is 0 Å². The lowest BCUT2D eigenvalue weighted by Crippen LogP contribution is -2.23. The minimum absolute atomic E-state index is 0.290. The van der Waals surface area contributed by atoms with Crippen molar-refractivity contribution in [2.75, 3.05) is 0 Å². The van der Waals surface area contributed by atoms with Crippen molar-refractivity contribution >= 4 is 17.2 Å². The highest BCUT2D eigenvalue weighted by Crippen LogP contribution is 2.51. The lowest BCUT2D eigenvalue weighted by molar-refractivity contribution is 0.648. The Bertz CT molecular complexity index is 1600. The second-order valence-electron chi connectivity index (χ2n) is 11.4. The van der Waals surface area contributed by atoms with Crippen molar-refractivity contribution in [2.45, 2.75) is 39.0 Å². The van der Waals surface area contributed by atoms with Gasteiger partial charge in [0.25, 0.3) is 0 Å². The van der Waals surface area contributed by atoms with Gasteiger partial charge >= 0.3 is 0 Å². The zero-order chi connectivity index (χ0) is 25.6. The third-order valence-electron chi connectivity index (χ3n) is 8.76. The predicted molar refractivity (Wildman–Crippen MR) is 162 cm³/mol. The molecule has 0 heteroatoms. The molecule has 3 aromatic rings. The van der Waals surface area contributed by atoms with Crippen LogP contribution in [0.15, 0.2) is 115 Å². The molecule has 3 unspecified atom stereocenters. The summed E-state index contributed by atoms with van der Waals surface area (Å²) >= 11 is 0. The van der Waals surface area contributed by atoms with Crippen molar-refractivity contribution in [1.82, 2.24) is 0 Å². The van der Waals surface area contributed by atoms with Crippen LogP contribution in [0.1, 0.15) is 70.2 Å². The van der Waals surface area contributed by atoms with E-state index in [9.17, 15) is 0 Å². The second kappa shape index (κ2) is 9.44. The Morgan fingerprint density at radius 3 is 2.50 bits per heavy atom. The fraction of sp³-hybridized carbons (Fsp3) is 0.211. The van der Waals surface area contributed by atoms with Gasteiger partial charge in [-0.05, 0) is 93.8 Å². The van der Waals surface area contributed by atoms with Crippen LogP contribution in [-0.4, -0.2) is 0 Å². The average Bonchev–Trinajstić information content (AvgIpc) is 2.96. The minimum Gasteiger partial charge on any atom is -0.0836 e. The Kier molecular flexibility index (Phi) is 5.77. The molecular weight excluding hydrogens is 456 g/mol. The largest absolute Gasteiger partial charge is 0.0836 e. The first-order valence-corrected chi connectivity index (χ1v) is 14.1. The van der Waals surface area contributed by atoms with E-state index in [1.807, 2.05) is 0 Å². The summed E-state index contributed by atoms with van der Waals surface area (Å²) in [6.07, 6.45) is 24.3. The smallest absolute Gasteiger partial charge is 0.0199 e. The number of hydrogen-bond donors (Lipinski definition) is 0. The van der Waals surface area contributed by atoms with Gasteiger partial charge in [-0.25, -0.2) is 0 Å². The highest BCUT2D eigenvalue weighted by molar-refractivity contribution is 5.90. The van der Waals surface area contributed by atoms with E-state index in [0.29, 0.717) is 11.8 Å². The van der Waals surface area contributed by atoms with E-state index in [4.69, 9.17) is 0 Å². The van der Waals surface area contributed by atoms with Crippen LogP contribution < -0.4 is 0 Å². The Morgan fingerprint density at radius 2 is 1.66 bits per heavy atom. The highest BCUT2D eigenvalue weighted by atomic mass is 14.4. The Hall–Kier alpha value is -3.90. The Morgan fingerprint density at radius 1 is 0.789 bits per heavy atom. The molecule has 0 saturated carbocycles. The van der Waals surface area contributed by atoms with E-state index < -0.39 is 0 Å². The molecule has 0 N–H and O–H groups in total. The number of rotatable bonds is 3. The van der Waals surface area contributed by atoms with Gasteiger partial charge in [0.1, 0.15) is 0 Å². The first-order chi connectivity index (χ1) is 18.7. The molecule has 0 fully saturated rings. The van der Waals surface area contributed by atoms with Crippen molar-refractivity contribution in [2.24, 2.45) is 11.8 Å². The van der Waals surface area contributed by atoms with Gasteiger partial charge < -0.3 is 0 Å². The maximum atomic E-state index is 2.50. The van der Waals surface area contributed by atoms with Gasteiger partial charge in [-0.3, -0.25) is 0 Å². The number of allylic oxidation sites excluding steroid dienone is 10. The number of fused-ring (bicyclic) bond motifs is 3. The van der Waals surface area contributed by atoms with E-state index in [0.717, 1.165) is 19.3 Å². The molecule has 0 saturated heterocycles. The molecule has 3 aromatic carbocycles. The van der Waals surface area contributed by atoms with Gasteiger partial charge in [-0.15, -0.1) is 0 Å². The van der Waals surface area contributed by atoms with Crippen LogP contribution in [-0.2, 0) is 6.42 Å². The highest BCUT2D eigenvalue weighted by Gasteiger charge is 2.36. The minimum atomic E-state index is 0.290. The molecule has 0 heterocycles. The Balaban J connectivity index is 1.46. The van der Waals surface area contributed by atoms with E-state index in [-0.39, 0.29) is 5.92 Å². The molecule has 4 aliphatic rings. The first kappa shape index (κ1) is 23.2. The summed E-state index contributed by atoms with van der Waals surface area (Å²) in [4.78, 5) is 0. The van der Waals surface area contributed by atoms with Gasteiger partial charge in [0.15, 0.2) is 0 Å². The van der Waals surface area contributed by atoms with Crippen molar-refractivity contribution in [3.63, 3.8) is 0 Å². The summed E-state index contributed by atoms with van der Waals surface area (Å²) < 4.78 is 0. The average molecular weight is 491 g/mol. The van der Waals surface area contributed by atoms with Crippen LogP contribution in [0.25, 0.3) is 17.2 Å². The second-order valence-corrected chi connectivity index (χ2v) is 11.4. The fourth-order valence-corrected chi connectivity index (χ4v) is 6.69. The summed E-state index contributed by atoms with van der Waals surface area (Å²) in [6.45, 7) is 4.47. The van der Waals surface area contributed by atoms with Gasteiger partial charge in [-0.2, -0.15) is 0 Å². The van der Waals surface area contributed by atoms with Gasteiger partial charge in [0.2, 0.25) is 0 Å². The normalized spacial score (nSPS) is 23.1.